The van der Waals surface area contributed by atoms with Gasteiger partial charge >= 0.3 is 0 Å². The minimum atomic E-state index is 0.453. The van der Waals surface area contributed by atoms with Crippen LogP contribution in [0.3, 0.4) is 0 Å². The van der Waals surface area contributed by atoms with Crippen LogP contribution in [-0.4, -0.2) is 24.3 Å². The number of nitrogens with zero attached hydrogens (tertiary/aromatic N) is 3. The third-order valence-corrected chi connectivity index (χ3v) is 6.11. The zero-order valence-corrected chi connectivity index (χ0v) is 17.6. The molecule has 0 saturated heterocycles. The minimum absolute atomic E-state index is 0.453. The molecule has 0 aliphatic heterocycles. The molecular formula is C25H29N3O. The summed E-state index contributed by atoms with van der Waals surface area (Å²) in [5.41, 5.74) is 5.26. The molecule has 1 aromatic heterocycles. The summed E-state index contributed by atoms with van der Waals surface area (Å²) in [5.74, 6) is 0.867. The average Bonchev–Trinajstić information content (AvgIpc) is 3.02. The number of ether oxygens (including phenoxy) is 1. The van der Waals surface area contributed by atoms with Gasteiger partial charge in [-0.1, -0.05) is 12.1 Å². The molecule has 4 nitrogen and oxygen atoms in total. The highest BCUT2D eigenvalue weighted by Crippen LogP contribution is 2.43. The maximum absolute atomic E-state index is 10.1. The van der Waals surface area contributed by atoms with Crippen molar-refractivity contribution in [3.8, 4) is 23.1 Å². The van der Waals surface area contributed by atoms with Crippen molar-refractivity contribution in [3.05, 3.63) is 48.0 Å². The van der Waals surface area contributed by atoms with E-state index < -0.39 is 0 Å². The Bertz CT molecular complexity index is 1030. The molecule has 0 unspecified atom stereocenters. The third kappa shape index (κ3) is 3.35. The zero-order chi connectivity index (χ0) is 20.4. The molecule has 0 bridgehead atoms. The fourth-order valence-electron chi connectivity index (χ4n) is 4.39. The molecule has 29 heavy (non-hydrogen) atoms. The minimum Gasteiger partial charge on any atom is -0.494 e. The van der Waals surface area contributed by atoms with E-state index in [4.69, 9.17) is 4.74 Å². The Morgan fingerprint density at radius 3 is 2.34 bits per heavy atom. The molecular weight excluding hydrogens is 358 g/mol. The summed E-state index contributed by atoms with van der Waals surface area (Å²) in [6.07, 6.45) is 3.58. The fourth-order valence-corrected chi connectivity index (χ4v) is 4.39. The van der Waals surface area contributed by atoms with Crippen LogP contribution >= 0.6 is 0 Å². The van der Waals surface area contributed by atoms with Crippen molar-refractivity contribution in [1.29, 1.82) is 5.26 Å². The first kappa shape index (κ1) is 19.4. The van der Waals surface area contributed by atoms with Crippen LogP contribution < -0.4 is 9.64 Å². The van der Waals surface area contributed by atoms with E-state index in [0.717, 1.165) is 59.4 Å². The molecule has 1 aliphatic rings. The van der Waals surface area contributed by atoms with E-state index in [2.05, 4.69) is 59.7 Å². The molecule has 1 aliphatic carbocycles. The number of nitriles is 1. The van der Waals surface area contributed by atoms with Crippen LogP contribution in [0.1, 0.15) is 51.6 Å². The highest BCUT2D eigenvalue weighted by Gasteiger charge is 2.28. The number of fused-ring (bicyclic) bond motifs is 1. The Labute approximate surface area is 173 Å². The van der Waals surface area contributed by atoms with Gasteiger partial charge < -0.3 is 14.2 Å². The molecule has 4 heteroatoms. The van der Waals surface area contributed by atoms with Crippen molar-refractivity contribution in [2.75, 3.05) is 24.6 Å². The number of anilines is 1. The monoisotopic (exact) mass is 387 g/mol. The highest BCUT2D eigenvalue weighted by molar-refractivity contribution is 5.95. The predicted molar refractivity (Wildman–Crippen MR) is 120 cm³/mol. The molecule has 4 rings (SSSR count). The summed E-state index contributed by atoms with van der Waals surface area (Å²) in [6.45, 7) is 8.97. The summed E-state index contributed by atoms with van der Waals surface area (Å²) in [4.78, 5) is 2.34. The van der Waals surface area contributed by atoms with Crippen molar-refractivity contribution in [2.24, 2.45) is 0 Å². The van der Waals surface area contributed by atoms with Crippen molar-refractivity contribution < 1.29 is 4.74 Å². The highest BCUT2D eigenvalue weighted by atomic mass is 16.5. The Hall–Kier alpha value is -2.93. The lowest BCUT2D eigenvalue weighted by atomic mass is 9.92. The van der Waals surface area contributed by atoms with Gasteiger partial charge in [-0.3, -0.25) is 0 Å². The predicted octanol–water partition coefficient (Wildman–Crippen LogP) is 6.15. The number of hydrogen-bond acceptors (Lipinski definition) is 3. The van der Waals surface area contributed by atoms with Crippen molar-refractivity contribution in [1.82, 2.24) is 4.57 Å². The van der Waals surface area contributed by atoms with Gasteiger partial charge in [-0.25, -0.2) is 0 Å². The average molecular weight is 388 g/mol. The van der Waals surface area contributed by atoms with E-state index in [-0.39, 0.29) is 0 Å². The van der Waals surface area contributed by atoms with Gasteiger partial charge in [0.15, 0.2) is 0 Å². The Balaban J connectivity index is 1.90. The SMILES string of the molecule is CCOc1ccc2c(C#N)c(-c3ccc(N(CC)CC)cc3)n(C3CCC3)c2c1. The Morgan fingerprint density at radius 2 is 1.79 bits per heavy atom. The Morgan fingerprint density at radius 1 is 1.07 bits per heavy atom. The molecule has 2 aromatic carbocycles. The smallest absolute Gasteiger partial charge is 0.121 e. The Kier molecular flexibility index (Phi) is 5.49. The van der Waals surface area contributed by atoms with Crippen LogP contribution in [0.15, 0.2) is 42.5 Å². The van der Waals surface area contributed by atoms with Crippen LogP contribution in [0.25, 0.3) is 22.2 Å². The largest absolute Gasteiger partial charge is 0.494 e. The van der Waals surface area contributed by atoms with Gasteiger partial charge in [0.05, 0.1) is 23.4 Å². The number of aromatic nitrogens is 1. The molecule has 1 fully saturated rings. The third-order valence-electron chi connectivity index (χ3n) is 6.11. The molecule has 0 N–H and O–H groups in total. The van der Waals surface area contributed by atoms with Crippen LogP contribution in [-0.2, 0) is 0 Å². The second-order valence-electron chi connectivity index (χ2n) is 7.62. The van der Waals surface area contributed by atoms with E-state index in [1.165, 1.54) is 12.1 Å². The lowest BCUT2D eigenvalue weighted by molar-refractivity contribution is 0.322. The molecule has 0 spiro atoms. The van der Waals surface area contributed by atoms with Gasteiger partial charge in [-0.2, -0.15) is 5.26 Å². The van der Waals surface area contributed by atoms with Crippen molar-refractivity contribution in [2.45, 2.75) is 46.1 Å². The first-order valence-corrected chi connectivity index (χ1v) is 10.8. The molecule has 0 amide bonds. The second-order valence-corrected chi connectivity index (χ2v) is 7.62. The number of rotatable bonds is 7. The second kappa shape index (κ2) is 8.21. The molecule has 0 radical (unpaired) electrons. The lowest BCUT2D eigenvalue weighted by Crippen LogP contribution is -2.21. The normalized spacial score (nSPS) is 13.9. The maximum Gasteiger partial charge on any atom is 0.121 e. The van der Waals surface area contributed by atoms with Crippen molar-refractivity contribution in [3.63, 3.8) is 0 Å². The quantitative estimate of drug-likeness (QED) is 0.488. The van der Waals surface area contributed by atoms with Gasteiger partial charge in [0.25, 0.3) is 0 Å². The summed E-state index contributed by atoms with van der Waals surface area (Å²) >= 11 is 0. The van der Waals surface area contributed by atoms with E-state index in [1.54, 1.807) is 0 Å². The number of hydrogen-bond donors (Lipinski definition) is 0. The van der Waals surface area contributed by atoms with E-state index in [1.807, 2.05) is 19.1 Å². The first-order valence-electron chi connectivity index (χ1n) is 10.8. The van der Waals surface area contributed by atoms with Crippen LogP contribution in [0.2, 0.25) is 0 Å². The van der Waals surface area contributed by atoms with Gasteiger partial charge in [0.2, 0.25) is 0 Å². The summed E-state index contributed by atoms with van der Waals surface area (Å²) in [5, 5.41) is 11.1. The molecule has 1 saturated carbocycles. The molecule has 1 heterocycles. The van der Waals surface area contributed by atoms with Gasteiger partial charge in [0.1, 0.15) is 11.8 Å². The standard InChI is InChI=1S/C25H29N3O/c1-4-27(5-2)19-12-10-18(11-13-19)25-23(17-26)22-15-14-21(29-6-3)16-24(22)28(25)20-8-7-9-20/h10-16,20H,4-9H2,1-3H3. The van der Waals surface area contributed by atoms with E-state index >= 15 is 0 Å². The van der Waals surface area contributed by atoms with Crippen LogP contribution in [0.5, 0.6) is 5.75 Å². The fraction of sp³-hybridized carbons (Fsp3) is 0.400. The topological polar surface area (TPSA) is 41.2 Å². The summed E-state index contributed by atoms with van der Waals surface area (Å²) in [6, 6.07) is 17.8. The zero-order valence-electron chi connectivity index (χ0n) is 17.6. The molecule has 0 atom stereocenters. The summed E-state index contributed by atoms with van der Waals surface area (Å²) < 4.78 is 8.15. The van der Waals surface area contributed by atoms with Crippen LogP contribution in [0, 0.1) is 11.3 Å². The maximum atomic E-state index is 10.1. The summed E-state index contributed by atoms with van der Waals surface area (Å²) in [7, 11) is 0. The lowest BCUT2D eigenvalue weighted by Gasteiger charge is -2.30. The van der Waals surface area contributed by atoms with Gasteiger partial charge in [-0.05, 0) is 69.9 Å². The molecule has 150 valence electrons. The van der Waals surface area contributed by atoms with Gasteiger partial charge in [0, 0.05) is 36.3 Å². The number of benzene rings is 2. The van der Waals surface area contributed by atoms with Crippen LogP contribution in [0.4, 0.5) is 5.69 Å². The van der Waals surface area contributed by atoms with E-state index in [0.29, 0.717) is 12.6 Å². The van der Waals surface area contributed by atoms with Gasteiger partial charge in [-0.15, -0.1) is 0 Å². The first-order chi connectivity index (χ1) is 14.2. The van der Waals surface area contributed by atoms with E-state index in [9.17, 15) is 5.26 Å². The molecule has 3 aromatic rings. The van der Waals surface area contributed by atoms with Crippen molar-refractivity contribution >= 4 is 16.6 Å².